The van der Waals surface area contributed by atoms with E-state index in [1.807, 2.05) is 13.0 Å². The summed E-state index contributed by atoms with van der Waals surface area (Å²) in [6, 6.07) is 10.3. The van der Waals surface area contributed by atoms with Crippen molar-refractivity contribution >= 4 is 39.0 Å². The van der Waals surface area contributed by atoms with Crippen LogP contribution >= 0.6 is 15.9 Å². The van der Waals surface area contributed by atoms with Gasteiger partial charge in [-0.2, -0.15) is 0 Å². The number of ether oxygens (including phenoxy) is 1. The van der Waals surface area contributed by atoms with Crippen molar-refractivity contribution in [2.45, 2.75) is 6.92 Å². The Labute approximate surface area is 131 Å². The zero-order valence-electron chi connectivity index (χ0n) is 11.7. The Morgan fingerprint density at radius 2 is 1.86 bits per heavy atom. The van der Waals surface area contributed by atoms with E-state index in [9.17, 15) is 4.79 Å². The predicted molar refractivity (Wildman–Crippen MR) is 88.9 cm³/mol. The van der Waals surface area contributed by atoms with Crippen molar-refractivity contribution in [3.05, 3.63) is 46.4 Å². The van der Waals surface area contributed by atoms with Gasteiger partial charge >= 0.3 is 6.03 Å². The maximum Gasteiger partial charge on any atom is 0.323 e. The van der Waals surface area contributed by atoms with Crippen molar-refractivity contribution in [3.8, 4) is 5.75 Å². The molecule has 0 bridgehead atoms. The molecule has 0 unspecified atom stereocenters. The second-order valence-electron chi connectivity index (χ2n) is 4.50. The number of amides is 2. The second-order valence-corrected chi connectivity index (χ2v) is 5.35. The molecule has 0 radical (unpaired) electrons. The summed E-state index contributed by atoms with van der Waals surface area (Å²) in [6.45, 7) is 1.90. The minimum atomic E-state index is -0.343. The van der Waals surface area contributed by atoms with Gasteiger partial charge in [0.2, 0.25) is 0 Å². The molecule has 0 heterocycles. The topological polar surface area (TPSA) is 76.4 Å². The van der Waals surface area contributed by atoms with E-state index >= 15 is 0 Å². The number of benzene rings is 2. The number of carbonyl (C=O) groups is 1. The van der Waals surface area contributed by atoms with E-state index in [1.165, 1.54) is 0 Å². The average molecular weight is 350 g/mol. The molecule has 0 spiro atoms. The van der Waals surface area contributed by atoms with Crippen LogP contribution in [-0.2, 0) is 0 Å². The Morgan fingerprint density at radius 3 is 2.48 bits per heavy atom. The van der Waals surface area contributed by atoms with Crippen molar-refractivity contribution in [3.63, 3.8) is 0 Å². The molecular weight excluding hydrogens is 334 g/mol. The Morgan fingerprint density at radius 1 is 1.19 bits per heavy atom. The molecule has 110 valence electrons. The molecular formula is C15H16BrN3O2. The Balaban J connectivity index is 2.06. The van der Waals surface area contributed by atoms with Gasteiger partial charge < -0.3 is 21.1 Å². The predicted octanol–water partition coefficient (Wildman–Crippen LogP) is 3.99. The standard InChI is InChI=1S/C15H16BrN3O2/c1-9-7-12(16)14(8-13(9)17)19-15(20)18-10-3-5-11(21-2)6-4-10/h3-8H,17H2,1-2H3,(H2,18,19,20). The molecule has 21 heavy (non-hydrogen) atoms. The van der Waals surface area contributed by atoms with E-state index in [0.29, 0.717) is 17.1 Å². The summed E-state index contributed by atoms with van der Waals surface area (Å²) in [5.41, 5.74) is 8.70. The fourth-order valence-corrected chi connectivity index (χ4v) is 2.30. The number of nitrogens with two attached hydrogens (primary N) is 1. The zero-order chi connectivity index (χ0) is 15.4. The van der Waals surface area contributed by atoms with E-state index in [-0.39, 0.29) is 6.03 Å². The Bertz CT molecular complexity index is 657. The first kappa shape index (κ1) is 15.2. The molecule has 0 aromatic heterocycles. The number of rotatable bonds is 3. The third-order valence-corrected chi connectivity index (χ3v) is 3.61. The van der Waals surface area contributed by atoms with Crippen molar-refractivity contribution in [1.82, 2.24) is 0 Å². The zero-order valence-corrected chi connectivity index (χ0v) is 13.3. The molecule has 0 fully saturated rings. The van der Waals surface area contributed by atoms with Crippen molar-refractivity contribution in [2.24, 2.45) is 0 Å². The first-order chi connectivity index (χ1) is 9.99. The number of aryl methyl sites for hydroxylation is 1. The quantitative estimate of drug-likeness (QED) is 0.733. The number of urea groups is 1. The molecule has 0 aliphatic carbocycles. The lowest BCUT2D eigenvalue weighted by Gasteiger charge is -2.11. The fourth-order valence-electron chi connectivity index (χ4n) is 1.74. The molecule has 0 saturated carbocycles. The van der Waals surface area contributed by atoms with Crippen molar-refractivity contribution in [1.29, 1.82) is 0 Å². The summed E-state index contributed by atoms with van der Waals surface area (Å²) in [5.74, 6) is 0.731. The van der Waals surface area contributed by atoms with Gasteiger partial charge in [0, 0.05) is 15.8 Å². The number of methoxy groups -OCH3 is 1. The third-order valence-electron chi connectivity index (χ3n) is 2.95. The second kappa shape index (κ2) is 6.49. The highest BCUT2D eigenvalue weighted by molar-refractivity contribution is 9.10. The lowest BCUT2D eigenvalue weighted by Crippen LogP contribution is -2.19. The van der Waals surface area contributed by atoms with Crippen molar-refractivity contribution in [2.75, 3.05) is 23.5 Å². The molecule has 4 N–H and O–H groups in total. The number of halogens is 1. The van der Waals surface area contributed by atoms with E-state index < -0.39 is 0 Å². The number of hydrogen-bond acceptors (Lipinski definition) is 3. The summed E-state index contributed by atoms with van der Waals surface area (Å²) in [7, 11) is 1.59. The van der Waals surface area contributed by atoms with Crippen LogP contribution in [0.2, 0.25) is 0 Å². The fraction of sp³-hybridized carbons (Fsp3) is 0.133. The Kier molecular flexibility index (Phi) is 4.70. The van der Waals surface area contributed by atoms with Gasteiger partial charge in [0.05, 0.1) is 12.8 Å². The smallest absolute Gasteiger partial charge is 0.323 e. The summed E-state index contributed by atoms with van der Waals surface area (Å²) in [5, 5.41) is 5.48. The normalized spacial score (nSPS) is 10.0. The van der Waals surface area contributed by atoms with Crippen LogP contribution in [0.5, 0.6) is 5.75 Å². The van der Waals surface area contributed by atoms with Crippen LogP contribution in [0, 0.1) is 6.92 Å². The number of carbonyl (C=O) groups excluding carboxylic acids is 1. The molecule has 5 nitrogen and oxygen atoms in total. The van der Waals surface area contributed by atoms with Gasteiger partial charge in [-0.3, -0.25) is 0 Å². The van der Waals surface area contributed by atoms with Gasteiger partial charge in [-0.15, -0.1) is 0 Å². The van der Waals surface area contributed by atoms with Gasteiger partial charge in [0.1, 0.15) is 5.75 Å². The maximum atomic E-state index is 12.0. The first-order valence-corrected chi connectivity index (χ1v) is 7.06. The molecule has 2 rings (SSSR count). The van der Waals surface area contributed by atoms with Crippen LogP contribution in [0.15, 0.2) is 40.9 Å². The molecule has 2 aromatic carbocycles. The molecule has 2 aromatic rings. The average Bonchev–Trinajstić information content (AvgIpc) is 2.45. The van der Waals surface area contributed by atoms with E-state index in [2.05, 4.69) is 26.6 Å². The van der Waals surface area contributed by atoms with Crippen LogP contribution in [0.25, 0.3) is 0 Å². The van der Waals surface area contributed by atoms with E-state index in [1.54, 1.807) is 37.4 Å². The SMILES string of the molecule is COc1ccc(NC(=O)Nc2cc(N)c(C)cc2Br)cc1. The van der Waals surface area contributed by atoms with Crippen LogP contribution < -0.4 is 21.1 Å². The lowest BCUT2D eigenvalue weighted by molar-refractivity contribution is 0.262. The van der Waals surface area contributed by atoms with E-state index in [0.717, 1.165) is 15.8 Å². The number of nitrogens with one attached hydrogen (secondary N) is 2. The van der Waals surface area contributed by atoms with Crippen LogP contribution in [0.4, 0.5) is 21.9 Å². The van der Waals surface area contributed by atoms with Gasteiger partial charge in [-0.1, -0.05) is 0 Å². The summed E-state index contributed by atoms with van der Waals surface area (Å²) in [6.07, 6.45) is 0. The first-order valence-electron chi connectivity index (χ1n) is 6.27. The molecule has 6 heteroatoms. The molecule has 0 aliphatic rings. The summed E-state index contributed by atoms with van der Waals surface area (Å²) in [4.78, 5) is 12.0. The molecule has 0 atom stereocenters. The summed E-state index contributed by atoms with van der Waals surface area (Å²) >= 11 is 3.40. The van der Waals surface area contributed by atoms with E-state index in [4.69, 9.17) is 10.5 Å². The highest BCUT2D eigenvalue weighted by Crippen LogP contribution is 2.28. The Hall–Kier alpha value is -2.21. The molecule has 0 aliphatic heterocycles. The van der Waals surface area contributed by atoms with Gasteiger partial charge in [-0.05, 0) is 64.8 Å². The number of anilines is 3. The molecule has 2 amide bonds. The lowest BCUT2D eigenvalue weighted by atomic mass is 10.2. The van der Waals surface area contributed by atoms with Gasteiger partial charge in [0.25, 0.3) is 0 Å². The number of nitrogen functional groups attached to an aromatic ring is 1. The minimum absolute atomic E-state index is 0.343. The molecule has 0 saturated heterocycles. The van der Waals surface area contributed by atoms with Crippen LogP contribution in [0.1, 0.15) is 5.56 Å². The minimum Gasteiger partial charge on any atom is -0.497 e. The largest absolute Gasteiger partial charge is 0.497 e. The van der Waals surface area contributed by atoms with Crippen molar-refractivity contribution < 1.29 is 9.53 Å². The third kappa shape index (κ3) is 3.88. The summed E-state index contributed by atoms with van der Waals surface area (Å²) < 4.78 is 5.84. The monoisotopic (exact) mass is 349 g/mol. The number of hydrogen-bond donors (Lipinski definition) is 3. The van der Waals surface area contributed by atoms with Crippen LogP contribution in [0.3, 0.4) is 0 Å². The maximum absolute atomic E-state index is 12.0. The van der Waals surface area contributed by atoms with Crippen LogP contribution in [-0.4, -0.2) is 13.1 Å². The highest BCUT2D eigenvalue weighted by Gasteiger charge is 2.08. The van der Waals surface area contributed by atoms with Gasteiger partial charge in [-0.25, -0.2) is 4.79 Å². The highest BCUT2D eigenvalue weighted by atomic mass is 79.9. The van der Waals surface area contributed by atoms with Gasteiger partial charge in [0.15, 0.2) is 0 Å².